The zero-order chi connectivity index (χ0) is 13.9. The summed E-state index contributed by atoms with van der Waals surface area (Å²) in [5.41, 5.74) is 0.896. The van der Waals surface area contributed by atoms with Gasteiger partial charge in [0.25, 0.3) is 0 Å². The largest absolute Gasteiger partial charge is 0.496 e. The first kappa shape index (κ1) is 14.3. The van der Waals surface area contributed by atoms with Crippen LogP contribution in [0.5, 0.6) is 5.75 Å². The minimum atomic E-state index is -0.246. The molecule has 0 saturated heterocycles. The fourth-order valence-electron chi connectivity index (χ4n) is 2.83. The van der Waals surface area contributed by atoms with Gasteiger partial charge in [-0.2, -0.15) is 0 Å². The van der Waals surface area contributed by atoms with Gasteiger partial charge in [0.2, 0.25) is 0 Å². The summed E-state index contributed by atoms with van der Waals surface area (Å²) in [6.45, 7) is 1.70. The van der Waals surface area contributed by atoms with Crippen LogP contribution in [0.4, 0.5) is 4.39 Å². The summed E-state index contributed by atoms with van der Waals surface area (Å²) in [7, 11) is 3.60. The Morgan fingerprint density at radius 3 is 2.68 bits per heavy atom. The highest BCUT2D eigenvalue weighted by molar-refractivity contribution is 5.33. The number of halogens is 1. The molecule has 0 atom stereocenters. The molecule has 19 heavy (non-hydrogen) atoms. The number of methoxy groups -OCH3 is 1. The van der Waals surface area contributed by atoms with Crippen molar-refractivity contribution in [2.75, 3.05) is 27.3 Å². The van der Waals surface area contributed by atoms with Crippen LogP contribution in [-0.2, 0) is 6.54 Å². The molecule has 3 nitrogen and oxygen atoms in total. The van der Waals surface area contributed by atoms with Crippen molar-refractivity contribution in [2.24, 2.45) is 5.41 Å². The SMILES string of the molecule is COc1ccc(F)cc1CN(C)CC1(CO)CCC1. The van der Waals surface area contributed by atoms with Gasteiger partial charge in [0.05, 0.1) is 7.11 Å². The van der Waals surface area contributed by atoms with Crippen molar-refractivity contribution in [3.63, 3.8) is 0 Å². The number of ether oxygens (including phenoxy) is 1. The molecule has 2 rings (SSSR count). The van der Waals surface area contributed by atoms with Crippen LogP contribution in [0.3, 0.4) is 0 Å². The maximum Gasteiger partial charge on any atom is 0.123 e. The van der Waals surface area contributed by atoms with Gasteiger partial charge in [-0.1, -0.05) is 6.42 Å². The van der Waals surface area contributed by atoms with Gasteiger partial charge in [-0.15, -0.1) is 0 Å². The minimum absolute atomic E-state index is 0.0509. The van der Waals surface area contributed by atoms with Crippen LogP contribution in [0, 0.1) is 11.2 Å². The summed E-state index contributed by atoms with van der Waals surface area (Å²) in [5.74, 6) is 0.463. The molecule has 106 valence electrons. The van der Waals surface area contributed by atoms with E-state index in [1.807, 2.05) is 7.05 Å². The molecule has 1 aromatic rings. The normalized spacial score (nSPS) is 17.3. The van der Waals surface area contributed by atoms with Crippen LogP contribution in [0.2, 0.25) is 0 Å². The fourth-order valence-corrected chi connectivity index (χ4v) is 2.83. The van der Waals surface area contributed by atoms with E-state index in [1.54, 1.807) is 13.2 Å². The van der Waals surface area contributed by atoms with E-state index in [2.05, 4.69) is 4.90 Å². The van der Waals surface area contributed by atoms with Gasteiger partial charge in [-0.25, -0.2) is 4.39 Å². The van der Waals surface area contributed by atoms with Crippen LogP contribution in [0.25, 0.3) is 0 Å². The van der Waals surface area contributed by atoms with E-state index in [9.17, 15) is 9.50 Å². The molecule has 0 aromatic heterocycles. The second-order valence-electron chi connectivity index (χ2n) is 5.64. The maximum atomic E-state index is 13.3. The lowest BCUT2D eigenvalue weighted by atomic mass is 9.69. The highest BCUT2D eigenvalue weighted by Crippen LogP contribution is 2.41. The van der Waals surface area contributed by atoms with Gasteiger partial charge >= 0.3 is 0 Å². The van der Waals surface area contributed by atoms with Gasteiger partial charge < -0.3 is 14.7 Å². The highest BCUT2D eigenvalue weighted by atomic mass is 19.1. The van der Waals surface area contributed by atoms with E-state index < -0.39 is 0 Å². The molecule has 4 heteroatoms. The van der Waals surface area contributed by atoms with Crippen molar-refractivity contribution in [1.29, 1.82) is 0 Å². The lowest BCUT2D eigenvalue weighted by Crippen LogP contribution is -2.43. The van der Waals surface area contributed by atoms with E-state index in [0.717, 1.165) is 24.9 Å². The number of hydrogen-bond donors (Lipinski definition) is 1. The predicted octanol–water partition coefficient (Wildman–Crippen LogP) is 2.43. The third-order valence-corrected chi connectivity index (χ3v) is 4.04. The topological polar surface area (TPSA) is 32.7 Å². The second kappa shape index (κ2) is 5.88. The van der Waals surface area contributed by atoms with Gasteiger partial charge in [0.1, 0.15) is 11.6 Å². The lowest BCUT2D eigenvalue weighted by molar-refractivity contribution is 0.0126. The Morgan fingerprint density at radius 1 is 1.42 bits per heavy atom. The molecule has 0 heterocycles. The lowest BCUT2D eigenvalue weighted by Gasteiger charge is -2.43. The van der Waals surface area contributed by atoms with E-state index in [-0.39, 0.29) is 17.8 Å². The van der Waals surface area contributed by atoms with Crippen molar-refractivity contribution in [3.8, 4) is 5.75 Å². The average Bonchev–Trinajstić information content (AvgIpc) is 2.34. The van der Waals surface area contributed by atoms with Crippen molar-refractivity contribution < 1.29 is 14.2 Å². The molecule has 1 N–H and O–H groups in total. The number of benzene rings is 1. The summed E-state index contributed by atoms with van der Waals surface area (Å²) >= 11 is 0. The van der Waals surface area contributed by atoms with Crippen LogP contribution < -0.4 is 4.74 Å². The van der Waals surface area contributed by atoms with Crippen molar-refractivity contribution in [2.45, 2.75) is 25.8 Å². The first-order valence-electron chi connectivity index (χ1n) is 6.70. The van der Waals surface area contributed by atoms with Gasteiger partial charge in [-0.3, -0.25) is 0 Å². The summed E-state index contributed by atoms with van der Waals surface area (Å²) in [5, 5.41) is 9.49. The molecule has 1 aliphatic carbocycles. The molecule has 1 saturated carbocycles. The van der Waals surface area contributed by atoms with Gasteiger partial charge in [0, 0.05) is 30.7 Å². The Bertz CT molecular complexity index is 427. The smallest absolute Gasteiger partial charge is 0.123 e. The number of aliphatic hydroxyl groups excluding tert-OH is 1. The molecule has 0 spiro atoms. The first-order valence-corrected chi connectivity index (χ1v) is 6.70. The van der Waals surface area contributed by atoms with E-state index in [4.69, 9.17) is 4.74 Å². The Kier molecular flexibility index (Phi) is 4.42. The number of aliphatic hydroxyl groups is 1. The van der Waals surface area contributed by atoms with Crippen LogP contribution in [-0.4, -0.2) is 37.3 Å². The fraction of sp³-hybridized carbons (Fsp3) is 0.600. The van der Waals surface area contributed by atoms with E-state index in [1.165, 1.54) is 18.6 Å². The quantitative estimate of drug-likeness (QED) is 0.859. The Labute approximate surface area is 114 Å². The third kappa shape index (κ3) is 3.25. The summed E-state index contributed by atoms with van der Waals surface area (Å²) < 4.78 is 18.6. The molecule has 1 fully saturated rings. The Balaban J connectivity index is 2.02. The summed E-state index contributed by atoms with van der Waals surface area (Å²) in [6, 6.07) is 4.58. The molecule has 0 radical (unpaired) electrons. The van der Waals surface area contributed by atoms with Crippen LogP contribution in [0.15, 0.2) is 18.2 Å². The Morgan fingerprint density at radius 2 is 2.16 bits per heavy atom. The molecule has 0 bridgehead atoms. The standard InChI is InChI=1S/C15H22FNO2/c1-17(10-15(11-18)6-3-7-15)9-12-8-13(16)4-5-14(12)19-2/h4-5,8,18H,3,6-7,9-11H2,1-2H3. The summed E-state index contributed by atoms with van der Waals surface area (Å²) in [4.78, 5) is 2.13. The summed E-state index contributed by atoms with van der Waals surface area (Å²) in [6.07, 6.45) is 3.35. The zero-order valence-corrected chi connectivity index (χ0v) is 11.7. The van der Waals surface area contributed by atoms with Gasteiger partial charge in [0.15, 0.2) is 0 Å². The molecule has 0 amide bonds. The van der Waals surface area contributed by atoms with Crippen molar-refractivity contribution >= 4 is 0 Å². The first-order chi connectivity index (χ1) is 9.08. The highest BCUT2D eigenvalue weighted by Gasteiger charge is 2.37. The molecular weight excluding hydrogens is 245 g/mol. The molecule has 1 aromatic carbocycles. The Hall–Kier alpha value is -1.13. The predicted molar refractivity (Wildman–Crippen MR) is 72.7 cm³/mol. The van der Waals surface area contributed by atoms with Crippen molar-refractivity contribution in [1.82, 2.24) is 4.90 Å². The van der Waals surface area contributed by atoms with Crippen LogP contribution in [0.1, 0.15) is 24.8 Å². The van der Waals surface area contributed by atoms with Gasteiger partial charge in [-0.05, 0) is 38.1 Å². The number of rotatable bonds is 6. The van der Waals surface area contributed by atoms with E-state index in [0.29, 0.717) is 12.3 Å². The molecule has 0 unspecified atom stereocenters. The maximum absolute atomic E-state index is 13.3. The third-order valence-electron chi connectivity index (χ3n) is 4.04. The van der Waals surface area contributed by atoms with Crippen LogP contribution >= 0.6 is 0 Å². The minimum Gasteiger partial charge on any atom is -0.496 e. The molecule has 1 aliphatic rings. The number of nitrogens with zero attached hydrogens (tertiary/aromatic N) is 1. The molecule has 0 aliphatic heterocycles. The average molecular weight is 267 g/mol. The molecular formula is C15H22FNO2. The second-order valence-corrected chi connectivity index (χ2v) is 5.64. The van der Waals surface area contributed by atoms with E-state index >= 15 is 0 Å². The zero-order valence-electron chi connectivity index (χ0n) is 11.7. The number of hydrogen-bond acceptors (Lipinski definition) is 3. The monoisotopic (exact) mass is 267 g/mol. The van der Waals surface area contributed by atoms with Crippen molar-refractivity contribution in [3.05, 3.63) is 29.6 Å².